The third kappa shape index (κ3) is 2.95. The van der Waals surface area contributed by atoms with Crippen molar-refractivity contribution in [1.29, 1.82) is 0 Å². The number of benzene rings is 2. The molecule has 0 radical (unpaired) electrons. The Kier molecular flexibility index (Phi) is 4.00. The molecule has 4 nitrogen and oxygen atoms in total. The standard InChI is InChI=1S/C14H9ClFNO3/c15-11-6-2-5-10(12(11)16)13(18)17-9-4-1-3-8(7-9)14(19)20/h1-7H,(H,17,18)(H,19,20). The number of carbonyl (C=O) groups is 2. The topological polar surface area (TPSA) is 66.4 Å². The van der Waals surface area contributed by atoms with Crippen molar-refractivity contribution >= 4 is 29.2 Å². The first-order valence-electron chi connectivity index (χ1n) is 5.58. The van der Waals surface area contributed by atoms with Crippen LogP contribution in [0, 0.1) is 5.82 Å². The summed E-state index contributed by atoms with van der Waals surface area (Å²) >= 11 is 5.59. The molecule has 0 saturated heterocycles. The first-order valence-corrected chi connectivity index (χ1v) is 5.95. The fourth-order valence-corrected chi connectivity index (χ4v) is 1.78. The largest absolute Gasteiger partial charge is 0.478 e. The Labute approximate surface area is 118 Å². The zero-order chi connectivity index (χ0) is 14.7. The van der Waals surface area contributed by atoms with Gasteiger partial charge in [-0.25, -0.2) is 9.18 Å². The van der Waals surface area contributed by atoms with Gasteiger partial charge in [-0.05, 0) is 30.3 Å². The number of rotatable bonds is 3. The molecule has 2 aromatic carbocycles. The average molecular weight is 294 g/mol. The summed E-state index contributed by atoms with van der Waals surface area (Å²) in [6.07, 6.45) is 0. The van der Waals surface area contributed by atoms with E-state index in [0.717, 1.165) is 0 Å². The van der Waals surface area contributed by atoms with Crippen molar-refractivity contribution in [3.8, 4) is 0 Å². The van der Waals surface area contributed by atoms with Crippen LogP contribution in [0.4, 0.5) is 10.1 Å². The fraction of sp³-hybridized carbons (Fsp3) is 0. The summed E-state index contributed by atoms with van der Waals surface area (Å²) in [6, 6.07) is 9.73. The number of carboxylic acids is 1. The van der Waals surface area contributed by atoms with Crippen LogP contribution in [0.5, 0.6) is 0 Å². The summed E-state index contributed by atoms with van der Waals surface area (Å²) in [5.41, 5.74) is 0.0712. The molecule has 20 heavy (non-hydrogen) atoms. The molecule has 0 aromatic heterocycles. The van der Waals surface area contributed by atoms with Crippen LogP contribution in [0.15, 0.2) is 42.5 Å². The molecular formula is C14H9ClFNO3. The Morgan fingerprint density at radius 1 is 1.15 bits per heavy atom. The van der Waals surface area contributed by atoms with Gasteiger partial charge in [0.1, 0.15) is 0 Å². The normalized spacial score (nSPS) is 10.1. The molecule has 2 N–H and O–H groups in total. The zero-order valence-electron chi connectivity index (χ0n) is 10.1. The van der Waals surface area contributed by atoms with Crippen LogP contribution in [0.2, 0.25) is 5.02 Å². The van der Waals surface area contributed by atoms with Gasteiger partial charge in [-0.1, -0.05) is 23.7 Å². The summed E-state index contributed by atoms with van der Waals surface area (Å²) in [7, 11) is 0. The molecule has 1 amide bonds. The highest BCUT2D eigenvalue weighted by Crippen LogP contribution is 2.19. The van der Waals surface area contributed by atoms with Gasteiger partial charge in [0.15, 0.2) is 5.82 Å². The van der Waals surface area contributed by atoms with Crippen molar-refractivity contribution in [2.45, 2.75) is 0 Å². The fourth-order valence-electron chi connectivity index (χ4n) is 1.61. The predicted molar refractivity (Wildman–Crippen MR) is 72.8 cm³/mol. The van der Waals surface area contributed by atoms with Crippen molar-refractivity contribution in [3.63, 3.8) is 0 Å². The molecule has 102 valence electrons. The predicted octanol–water partition coefficient (Wildman–Crippen LogP) is 3.43. The molecule has 0 fully saturated rings. The van der Waals surface area contributed by atoms with Gasteiger partial charge in [0.05, 0.1) is 16.1 Å². The number of carbonyl (C=O) groups excluding carboxylic acids is 1. The monoisotopic (exact) mass is 293 g/mol. The molecule has 0 aliphatic carbocycles. The molecule has 2 aromatic rings. The maximum absolute atomic E-state index is 13.7. The maximum Gasteiger partial charge on any atom is 0.335 e. The minimum Gasteiger partial charge on any atom is -0.478 e. The molecule has 0 spiro atoms. The summed E-state index contributed by atoms with van der Waals surface area (Å²) < 4.78 is 13.7. The summed E-state index contributed by atoms with van der Waals surface area (Å²) in [6.45, 7) is 0. The minimum absolute atomic E-state index is 0.0226. The zero-order valence-corrected chi connectivity index (χ0v) is 10.8. The van der Waals surface area contributed by atoms with Gasteiger partial charge in [-0.3, -0.25) is 4.79 Å². The van der Waals surface area contributed by atoms with Gasteiger partial charge >= 0.3 is 5.97 Å². The quantitative estimate of drug-likeness (QED) is 0.911. The first-order chi connectivity index (χ1) is 9.49. The number of aromatic carboxylic acids is 1. The Hall–Kier alpha value is -2.40. The molecular weight excluding hydrogens is 285 g/mol. The SMILES string of the molecule is O=C(O)c1cccc(NC(=O)c2cccc(Cl)c2F)c1. The van der Waals surface area contributed by atoms with Gasteiger partial charge in [-0.2, -0.15) is 0 Å². The van der Waals surface area contributed by atoms with E-state index in [1.165, 1.54) is 42.5 Å². The van der Waals surface area contributed by atoms with Crippen molar-refractivity contribution in [2.75, 3.05) is 5.32 Å². The van der Waals surface area contributed by atoms with Crippen LogP contribution in [0.25, 0.3) is 0 Å². The van der Waals surface area contributed by atoms with Crippen LogP contribution in [-0.4, -0.2) is 17.0 Å². The molecule has 0 aliphatic rings. The van der Waals surface area contributed by atoms with E-state index in [1.807, 2.05) is 0 Å². The number of anilines is 1. The molecule has 0 bridgehead atoms. The highest BCUT2D eigenvalue weighted by Gasteiger charge is 2.14. The Morgan fingerprint density at radius 3 is 2.55 bits per heavy atom. The van der Waals surface area contributed by atoms with E-state index in [1.54, 1.807) is 0 Å². The number of nitrogens with one attached hydrogen (secondary N) is 1. The van der Waals surface area contributed by atoms with Gasteiger partial charge in [-0.15, -0.1) is 0 Å². The molecule has 0 saturated carbocycles. The summed E-state index contributed by atoms with van der Waals surface area (Å²) in [5, 5.41) is 11.1. The second-order valence-corrected chi connectivity index (χ2v) is 4.35. The van der Waals surface area contributed by atoms with E-state index in [-0.39, 0.29) is 21.8 Å². The second kappa shape index (κ2) is 5.71. The lowest BCUT2D eigenvalue weighted by atomic mass is 10.1. The lowest BCUT2D eigenvalue weighted by Crippen LogP contribution is -2.14. The van der Waals surface area contributed by atoms with E-state index >= 15 is 0 Å². The van der Waals surface area contributed by atoms with Crippen molar-refractivity contribution in [3.05, 3.63) is 64.4 Å². The lowest BCUT2D eigenvalue weighted by molar-refractivity contribution is 0.0696. The number of amides is 1. The third-order valence-electron chi connectivity index (χ3n) is 2.56. The van der Waals surface area contributed by atoms with Crippen LogP contribution >= 0.6 is 11.6 Å². The van der Waals surface area contributed by atoms with E-state index in [0.29, 0.717) is 0 Å². The van der Waals surface area contributed by atoms with Crippen LogP contribution in [0.3, 0.4) is 0 Å². The number of halogens is 2. The van der Waals surface area contributed by atoms with Gasteiger partial charge in [0.2, 0.25) is 0 Å². The van der Waals surface area contributed by atoms with E-state index in [9.17, 15) is 14.0 Å². The summed E-state index contributed by atoms with van der Waals surface area (Å²) in [5.74, 6) is -2.64. The smallest absolute Gasteiger partial charge is 0.335 e. The highest BCUT2D eigenvalue weighted by molar-refractivity contribution is 6.31. The molecule has 0 aliphatic heterocycles. The molecule has 0 unspecified atom stereocenters. The highest BCUT2D eigenvalue weighted by atomic mass is 35.5. The average Bonchev–Trinajstić information content (AvgIpc) is 2.42. The maximum atomic E-state index is 13.7. The number of carboxylic acid groups (broad SMARTS) is 1. The van der Waals surface area contributed by atoms with Crippen LogP contribution < -0.4 is 5.32 Å². The Balaban J connectivity index is 2.26. The van der Waals surface area contributed by atoms with Gasteiger partial charge in [0.25, 0.3) is 5.91 Å². The minimum atomic E-state index is -1.12. The molecule has 0 atom stereocenters. The Morgan fingerprint density at radius 2 is 1.85 bits per heavy atom. The van der Waals surface area contributed by atoms with Crippen molar-refractivity contribution in [2.24, 2.45) is 0 Å². The lowest BCUT2D eigenvalue weighted by Gasteiger charge is -2.07. The van der Waals surface area contributed by atoms with Gasteiger partial charge in [0, 0.05) is 5.69 Å². The van der Waals surface area contributed by atoms with E-state index in [4.69, 9.17) is 16.7 Å². The molecule has 0 heterocycles. The molecule has 6 heteroatoms. The van der Waals surface area contributed by atoms with Crippen LogP contribution in [-0.2, 0) is 0 Å². The van der Waals surface area contributed by atoms with Crippen molar-refractivity contribution < 1.29 is 19.1 Å². The van der Waals surface area contributed by atoms with Gasteiger partial charge < -0.3 is 10.4 Å². The second-order valence-electron chi connectivity index (χ2n) is 3.94. The van der Waals surface area contributed by atoms with E-state index in [2.05, 4.69) is 5.32 Å². The Bertz CT molecular complexity index is 688. The summed E-state index contributed by atoms with van der Waals surface area (Å²) in [4.78, 5) is 22.7. The van der Waals surface area contributed by atoms with Crippen LogP contribution in [0.1, 0.15) is 20.7 Å². The number of hydrogen-bond donors (Lipinski definition) is 2. The first kappa shape index (κ1) is 14.0. The van der Waals surface area contributed by atoms with Crippen molar-refractivity contribution in [1.82, 2.24) is 0 Å². The van der Waals surface area contributed by atoms with E-state index < -0.39 is 17.7 Å². The molecule has 2 rings (SSSR count). The third-order valence-corrected chi connectivity index (χ3v) is 2.86. The number of hydrogen-bond acceptors (Lipinski definition) is 2.